The van der Waals surface area contributed by atoms with E-state index in [9.17, 15) is 0 Å². The Hall–Kier alpha value is 0.700. The SMILES string of the molecule is CC(C)C12CCCC1CCSS2. The lowest BCUT2D eigenvalue weighted by Crippen LogP contribution is -2.37. The molecule has 0 spiro atoms. The molecule has 2 unspecified atom stereocenters. The van der Waals surface area contributed by atoms with Gasteiger partial charge >= 0.3 is 0 Å². The molecule has 0 amide bonds. The molecule has 1 aliphatic carbocycles. The van der Waals surface area contributed by atoms with Crippen molar-refractivity contribution in [1.29, 1.82) is 0 Å². The zero-order valence-corrected chi connectivity index (χ0v) is 9.64. The lowest BCUT2D eigenvalue weighted by molar-refractivity contribution is 0.333. The molecule has 1 aliphatic heterocycles. The van der Waals surface area contributed by atoms with E-state index in [1.807, 2.05) is 0 Å². The molecule has 1 saturated heterocycles. The van der Waals surface area contributed by atoms with Crippen LogP contribution in [0.25, 0.3) is 0 Å². The van der Waals surface area contributed by atoms with Gasteiger partial charge in [0.2, 0.25) is 0 Å². The first-order valence-corrected chi connectivity index (χ1v) is 7.38. The molecular formula is C10H18S2. The van der Waals surface area contributed by atoms with Crippen LogP contribution in [0.1, 0.15) is 39.5 Å². The fourth-order valence-electron chi connectivity index (χ4n) is 2.77. The Labute approximate surface area is 83.7 Å². The molecule has 2 aliphatic rings. The van der Waals surface area contributed by atoms with Crippen molar-refractivity contribution in [2.24, 2.45) is 11.8 Å². The van der Waals surface area contributed by atoms with Gasteiger partial charge in [-0.25, -0.2) is 0 Å². The summed E-state index contributed by atoms with van der Waals surface area (Å²) in [6.45, 7) is 4.83. The van der Waals surface area contributed by atoms with E-state index in [0.717, 1.165) is 11.8 Å². The van der Waals surface area contributed by atoms with E-state index in [-0.39, 0.29) is 0 Å². The fraction of sp³-hybridized carbons (Fsp3) is 1.00. The van der Waals surface area contributed by atoms with Crippen molar-refractivity contribution < 1.29 is 0 Å². The topological polar surface area (TPSA) is 0 Å². The number of hydrogen-bond donors (Lipinski definition) is 0. The van der Waals surface area contributed by atoms with Crippen molar-refractivity contribution in [3.8, 4) is 0 Å². The van der Waals surface area contributed by atoms with Gasteiger partial charge in [-0.15, -0.1) is 0 Å². The zero-order valence-electron chi connectivity index (χ0n) is 8.01. The van der Waals surface area contributed by atoms with Crippen LogP contribution in [-0.2, 0) is 0 Å². The van der Waals surface area contributed by atoms with E-state index < -0.39 is 0 Å². The Balaban J connectivity index is 2.17. The first-order chi connectivity index (χ1) is 5.76. The molecule has 0 aromatic carbocycles. The second-order valence-electron chi connectivity index (χ2n) is 4.39. The van der Waals surface area contributed by atoms with Gasteiger partial charge in [0.05, 0.1) is 0 Å². The van der Waals surface area contributed by atoms with Crippen LogP contribution in [0.15, 0.2) is 0 Å². The van der Waals surface area contributed by atoms with E-state index in [1.54, 1.807) is 0 Å². The highest BCUT2D eigenvalue weighted by molar-refractivity contribution is 8.77. The predicted octanol–water partition coefficient (Wildman–Crippen LogP) is 3.97. The zero-order chi connectivity index (χ0) is 8.60. The highest BCUT2D eigenvalue weighted by Gasteiger charge is 2.47. The monoisotopic (exact) mass is 202 g/mol. The summed E-state index contributed by atoms with van der Waals surface area (Å²) in [5.41, 5.74) is 0. The number of rotatable bonds is 1. The van der Waals surface area contributed by atoms with Gasteiger partial charge in [-0.05, 0) is 31.1 Å². The normalized spacial score (nSPS) is 41.8. The van der Waals surface area contributed by atoms with E-state index in [0.29, 0.717) is 4.75 Å². The van der Waals surface area contributed by atoms with Gasteiger partial charge in [0.15, 0.2) is 0 Å². The summed E-state index contributed by atoms with van der Waals surface area (Å²) in [7, 11) is 4.32. The lowest BCUT2D eigenvalue weighted by atomic mass is 9.83. The van der Waals surface area contributed by atoms with Crippen molar-refractivity contribution >= 4 is 21.6 Å². The van der Waals surface area contributed by atoms with Crippen LogP contribution >= 0.6 is 21.6 Å². The van der Waals surface area contributed by atoms with Crippen molar-refractivity contribution in [2.45, 2.75) is 44.3 Å². The third kappa shape index (κ3) is 1.31. The summed E-state index contributed by atoms with van der Waals surface area (Å²) in [5, 5.41) is 0. The average molecular weight is 202 g/mol. The van der Waals surface area contributed by atoms with E-state index in [1.165, 1.54) is 31.4 Å². The lowest BCUT2D eigenvalue weighted by Gasteiger charge is -2.41. The van der Waals surface area contributed by atoms with E-state index in [2.05, 4.69) is 35.4 Å². The summed E-state index contributed by atoms with van der Waals surface area (Å²) in [4.78, 5) is 0. The maximum Gasteiger partial charge on any atom is 0.0315 e. The van der Waals surface area contributed by atoms with Crippen LogP contribution in [0.3, 0.4) is 0 Å². The summed E-state index contributed by atoms with van der Waals surface area (Å²) >= 11 is 0. The van der Waals surface area contributed by atoms with Crippen molar-refractivity contribution in [3.63, 3.8) is 0 Å². The van der Waals surface area contributed by atoms with Crippen molar-refractivity contribution in [1.82, 2.24) is 0 Å². The Bertz CT molecular complexity index is 167. The van der Waals surface area contributed by atoms with Gasteiger partial charge in [0.25, 0.3) is 0 Å². The fourth-order valence-corrected chi connectivity index (χ4v) is 6.68. The Morgan fingerprint density at radius 3 is 2.83 bits per heavy atom. The standard InChI is InChI=1S/C10H18S2/c1-8(2)10-6-3-4-9(10)5-7-11-12-10/h8-9H,3-7H2,1-2H3. The van der Waals surface area contributed by atoms with Crippen LogP contribution in [0.2, 0.25) is 0 Å². The quantitative estimate of drug-likeness (QED) is 0.590. The van der Waals surface area contributed by atoms with Crippen LogP contribution in [0, 0.1) is 11.8 Å². The molecule has 70 valence electrons. The van der Waals surface area contributed by atoms with Gasteiger partial charge in [-0.3, -0.25) is 0 Å². The molecule has 0 bridgehead atoms. The molecule has 2 fully saturated rings. The maximum absolute atomic E-state index is 2.41. The second kappa shape index (κ2) is 3.45. The average Bonchev–Trinajstić information content (AvgIpc) is 2.48. The third-order valence-corrected chi connectivity index (χ3v) is 7.18. The Morgan fingerprint density at radius 1 is 1.33 bits per heavy atom. The van der Waals surface area contributed by atoms with E-state index in [4.69, 9.17) is 0 Å². The summed E-state index contributed by atoms with van der Waals surface area (Å²) < 4.78 is 0.670. The van der Waals surface area contributed by atoms with Gasteiger partial charge in [0.1, 0.15) is 0 Å². The van der Waals surface area contributed by atoms with Crippen LogP contribution in [0.5, 0.6) is 0 Å². The molecular weight excluding hydrogens is 184 g/mol. The third-order valence-electron chi connectivity index (χ3n) is 3.55. The van der Waals surface area contributed by atoms with Crippen molar-refractivity contribution in [3.05, 3.63) is 0 Å². The second-order valence-corrected chi connectivity index (χ2v) is 7.17. The molecule has 0 N–H and O–H groups in total. The molecule has 0 aromatic rings. The molecule has 2 atom stereocenters. The molecule has 0 aromatic heterocycles. The Morgan fingerprint density at radius 2 is 2.17 bits per heavy atom. The minimum absolute atomic E-state index is 0.670. The van der Waals surface area contributed by atoms with Gasteiger partial charge in [-0.2, -0.15) is 0 Å². The smallest absolute Gasteiger partial charge is 0.0315 e. The number of fused-ring (bicyclic) bond motifs is 1. The first-order valence-electron chi connectivity index (χ1n) is 5.06. The van der Waals surface area contributed by atoms with Crippen LogP contribution < -0.4 is 0 Å². The number of hydrogen-bond acceptors (Lipinski definition) is 2. The van der Waals surface area contributed by atoms with Crippen LogP contribution in [-0.4, -0.2) is 10.5 Å². The molecule has 2 rings (SSSR count). The minimum atomic E-state index is 0.670. The minimum Gasteiger partial charge on any atom is -0.0936 e. The van der Waals surface area contributed by atoms with E-state index >= 15 is 0 Å². The predicted molar refractivity (Wildman–Crippen MR) is 59.6 cm³/mol. The van der Waals surface area contributed by atoms with Gasteiger partial charge in [0, 0.05) is 10.5 Å². The van der Waals surface area contributed by atoms with Gasteiger partial charge < -0.3 is 0 Å². The van der Waals surface area contributed by atoms with Crippen molar-refractivity contribution in [2.75, 3.05) is 5.75 Å². The largest absolute Gasteiger partial charge is 0.0936 e. The Kier molecular flexibility index (Phi) is 2.66. The molecule has 0 radical (unpaired) electrons. The molecule has 1 heterocycles. The summed E-state index contributed by atoms with van der Waals surface area (Å²) in [6.07, 6.45) is 5.95. The summed E-state index contributed by atoms with van der Waals surface area (Å²) in [6, 6.07) is 0. The molecule has 1 saturated carbocycles. The first kappa shape index (κ1) is 9.26. The highest BCUT2D eigenvalue weighted by atomic mass is 33.1. The maximum atomic E-state index is 2.41. The molecule has 2 heteroatoms. The molecule has 12 heavy (non-hydrogen) atoms. The van der Waals surface area contributed by atoms with Crippen LogP contribution in [0.4, 0.5) is 0 Å². The molecule has 0 nitrogen and oxygen atoms in total. The van der Waals surface area contributed by atoms with Gasteiger partial charge in [-0.1, -0.05) is 41.9 Å². The highest BCUT2D eigenvalue weighted by Crippen LogP contribution is 2.59. The summed E-state index contributed by atoms with van der Waals surface area (Å²) in [5.74, 6) is 3.32.